The van der Waals surface area contributed by atoms with Gasteiger partial charge in [0.1, 0.15) is 29.3 Å². The molecule has 2 aromatic carbocycles. The number of ether oxygens (including phenoxy) is 2. The first-order chi connectivity index (χ1) is 21.6. The number of esters is 1. The van der Waals surface area contributed by atoms with Crippen LogP contribution in [-0.4, -0.2) is 70.6 Å². The number of carbonyl (C=O) groups excluding carboxylic acids is 4. The molecule has 0 aliphatic rings. The third-order valence-electron chi connectivity index (χ3n) is 6.47. The molecule has 0 aromatic heterocycles. The maximum atomic E-state index is 14.4. The van der Waals surface area contributed by atoms with Crippen LogP contribution in [0.15, 0.2) is 67.3 Å². The van der Waals surface area contributed by atoms with Crippen LogP contribution in [0.25, 0.3) is 0 Å². The normalized spacial score (nSPS) is 13.3. The molecule has 248 valence electrons. The Balaban J connectivity index is 2.63. The second-order valence-corrected chi connectivity index (χ2v) is 13.7. The van der Waals surface area contributed by atoms with Gasteiger partial charge in [0.2, 0.25) is 11.8 Å². The number of alkyl carbamates (subject to hydrolysis) is 1. The van der Waals surface area contributed by atoms with Crippen molar-refractivity contribution in [3.05, 3.63) is 83.9 Å². The second-order valence-electron chi connectivity index (χ2n) is 12.7. The van der Waals surface area contributed by atoms with Crippen LogP contribution in [0.4, 0.5) is 4.79 Å². The lowest BCUT2D eigenvalue weighted by atomic mass is 9.96. The Labute approximate surface area is 277 Å². The number of hydrogen-bond donors (Lipinski definition) is 2. The van der Waals surface area contributed by atoms with Crippen molar-refractivity contribution >= 4 is 35.6 Å². The van der Waals surface area contributed by atoms with E-state index in [1.807, 2.05) is 36.6 Å². The van der Waals surface area contributed by atoms with Gasteiger partial charge in [0.15, 0.2) is 0 Å². The van der Waals surface area contributed by atoms with Crippen molar-refractivity contribution in [1.29, 1.82) is 0 Å². The number of terminal acetylenes is 1. The summed E-state index contributed by atoms with van der Waals surface area (Å²) in [6, 6.07) is 12.6. The van der Waals surface area contributed by atoms with Gasteiger partial charge in [-0.15, -0.1) is 13.0 Å². The van der Waals surface area contributed by atoms with E-state index < -0.39 is 53.2 Å². The van der Waals surface area contributed by atoms with E-state index >= 15 is 0 Å². The van der Waals surface area contributed by atoms with Crippen LogP contribution in [0.5, 0.6) is 0 Å². The third kappa shape index (κ3) is 12.3. The summed E-state index contributed by atoms with van der Waals surface area (Å²) in [7, 11) is 0. The highest BCUT2D eigenvalue weighted by Crippen LogP contribution is 2.27. The molecule has 2 rings (SSSR count). The number of amides is 3. The summed E-state index contributed by atoms with van der Waals surface area (Å²) in [5.41, 5.74) is -0.0310. The summed E-state index contributed by atoms with van der Waals surface area (Å²) in [4.78, 5) is 56.3. The van der Waals surface area contributed by atoms with Crippen molar-refractivity contribution in [2.75, 3.05) is 18.6 Å². The highest BCUT2D eigenvalue weighted by atomic mass is 32.2. The number of carbonyl (C=O) groups is 4. The van der Waals surface area contributed by atoms with Gasteiger partial charge in [-0.2, -0.15) is 11.8 Å². The highest BCUT2D eigenvalue weighted by Gasteiger charge is 2.38. The molecule has 0 spiro atoms. The van der Waals surface area contributed by atoms with Crippen molar-refractivity contribution in [2.45, 2.75) is 83.7 Å². The van der Waals surface area contributed by atoms with E-state index in [4.69, 9.17) is 15.9 Å². The first kappa shape index (κ1) is 38.0. The average molecular weight is 650 g/mol. The number of hydrogen-bond acceptors (Lipinski definition) is 7. The Morgan fingerprint density at radius 3 is 2.11 bits per heavy atom. The SMILES string of the molecule is C#Cc1ccccc1C(C(=O)NC(Cc1ccccc1)C(=O)OC(C)(C)C)N(CC=C)C(=O)C(CCSC)NC(=O)OC(C)(C)C. The van der Waals surface area contributed by atoms with E-state index in [2.05, 4.69) is 23.1 Å². The van der Waals surface area contributed by atoms with Crippen LogP contribution < -0.4 is 10.6 Å². The van der Waals surface area contributed by atoms with Crippen LogP contribution >= 0.6 is 11.8 Å². The van der Waals surface area contributed by atoms with Gasteiger partial charge in [0.05, 0.1) is 0 Å². The van der Waals surface area contributed by atoms with E-state index in [1.165, 1.54) is 22.7 Å². The third-order valence-corrected chi connectivity index (χ3v) is 7.11. The van der Waals surface area contributed by atoms with Crippen molar-refractivity contribution < 1.29 is 28.7 Å². The molecule has 2 aromatic rings. The smallest absolute Gasteiger partial charge is 0.408 e. The molecule has 0 saturated heterocycles. The van der Waals surface area contributed by atoms with E-state index in [0.717, 1.165) is 5.56 Å². The zero-order valence-electron chi connectivity index (χ0n) is 27.9. The molecule has 46 heavy (non-hydrogen) atoms. The van der Waals surface area contributed by atoms with Gasteiger partial charge in [-0.3, -0.25) is 9.59 Å². The molecule has 0 aliphatic heterocycles. The van der Waals surface area contributed by atoms with Crippen molar-refractivity contribution in [1.82, 2.24) is 15.5 Å². The van der Waals surface area contributed by atoms with Crippen LogP contribution in [0, 0.1) is 12.3 Å². The van der Waals surface area contributed by atoms with Crippen molar-refractivity contribution in [3.63, 3.8) is 0 Å². The Kier molecular flexibility index (Phi) is 14.4. The second kappa shape index (κ2) is 17.5. The number of thioether (sulfide) groups is 1. The molecule has 9 nitrogen and oxygen atoms in total. The number of nitrogens with one attached hydrogen (secondary N) is 2. The van der Waals surface area contributed by atoms with E-state index in [0.29, 0.717) is 16.9 Å². The number of nitrogens with zero attached hydrogens (tertiary/aromatic N) is 1. The maximum Gasteiger partial charge on any atom is 0.408 e. The molecule has 3 amide bonds. The summed E-state index contributed by atoms with van der Waals surface area (Å²) in [6.45, 7) is 14.2. The van der Waals surface area contributed by atoms with Crippen LogP contribution in [0.1, 0.15) is 70.7 Å². The molecule has 3 atom stereocenters. The predicted molar refractivity (Wildman–Crippen MR) is 183 cm³/mol. The van der Waals surface area contributed by atoms with Gasteiger partial charge in [0.25, 0.3) is 0 Å². The summed E-state index contributed by atoms with van der Waals surface area (Å²) >= 11 is 1.51. The summed E-state index contributed by atoms with van der Waals surface area (Å²) in [6.07, 6.45) is 8.89. The number of benzene rings is 2. The molecule has 0 heterocycles. The van der Waals surface area contributed by atoms with Gasteiger partial charge in [-0.05, 0) is 77.2 Å². The first-order valence-corrected chi connectivity index (χ1v) is 16.5. The summed E-state index contributed by atoms with van der Waals surface area (Å²) in [5, 5.41) is 5.55. The maximum absolute atomic E-state index is 14.4. The molecule has 0 saturated carbocycles. The predicted octanol–water partition coefficient (Wildman–Crippen LogP) is 5.44. The Morgan fingerprint density at radius 1 is 0.935 bits per heavy atom. The largest absolute Gasteiger partial charge is 0.458 e. The Hall–Kier alpha value is -4.23. The van der Waals surface area contributed by atoms with Crippen molar-refractivity contribution in [3.8, 4) is 12.3 Å². The van der Waals surface area contributed by atoms with Gasteiger partial charge in [0, 0.05) is 18.5 Å². The molecule has 3 unspecified atom stereocenters. The first-order valence-electron chi connectivity index (χ1n) is 15.1. The van der Waals surface area contributed by atoms with Gasteiger partial charge in [-0.1, -0.05) is 60.5 Å². The number of rotatable bonds is 14. The standard InChI is InChI=1S/C36H47N3O6S/c1-10-22-39(32(41)28(21-23-46-9)38-34(43)45-36(6,7)8)30(27-20-16-15-19-26(27)11-2)31(40)37-29(33(42)44-35(3,4)5)24-25-17-13-12-14-18-25/h2,10,12-20,28-30H,1,21-24H2,3-9H3,(H,37,40)(H,38,43). The van der Waals surface area contributed by atoms with Crippen molar-refractivity contribution in [2.24, 2.45) is 0 Å². The lowest BCUT2D eigenvalue weighted by Crippen LogP contribution is -2.55. The van der Waals surface area contributed by atoms with Crippen LogP contribution in [0.3, 0.4) is 0 Å². The van der Waals surface area contributed by atoms with Gasteiger partial charge in [-0.25, -0.2) is 9.59 Å². The summed E-state index contributed by atoms with van der Waals surface area (Å²) in [5.74, 6) is 1.34. The minimum Gasteiger partial charge on any atom is -0.458 e. The fourth-order valence-corrected chi connectivity index (χ4v) is 5.06. The minimum absolute atomic E-state index is 0.0582. The zero-order chi connectivity index (χ0) is 34.5. The monoisotopic (exact) mass is 649 g/mol. The zero-order valence-corrected chi connectivity index (χ0v) is 28.7. The Morgan fingerprint density at radius 2 is 1.54 bits per heavy atom. The van der Waals surface area contributed by atoms with Crippen LogP contribution in [-0.2, 0) is 30.3 Å². The molecular weight excluding hydrogens is 602 g/mol. The lowest BCUT2D eigenvalue weighted by Gasteiger charge is -2.35. The molecule has 0 radical (unpaired) electrons. The topological polar surface area (TPSA) is 114 Å². The van der Waals surface area contributed by atoms with E-state index in [9.17, 15) is 19.2 Å². The molecular formula is C36H47N3O6S. The van der Waals surface area contributed by atoms with E-state index in [-0.39, 0.29) is 19.4 Å². The lowest BCUT2D eigenvalue weighted by molar-refractivity contribution is -0.159. The molecule has 0 fully saturated rings. The van der Waals surface area contributed by atoms with Crippen LogP contribution in [0.2, 0.25) is 0 Å². The minimum atomic E-state index is -1.28. The van der Waals surface area contributed by atoms with E-state index in [1.54, 1.807) is 65.8 Å². The molecule has 10 heteroatoms. The fourth-order valence-electron chi connectivity index (χ4n) is 4.59. The van der Waals surface area contributed by atoms with Gasteiger partial charge < -0.3 is 25.0 Å². The average Bonchev–Trinajstić information content (AvgIpc) is 2.97. The van der Waals surface area contributed by atoms with Gasteiger partial charge >= 0.3 is 12.1 Å². The highest BCUT2D eigenvalue weighted by molar-refractivity contribution is 7.98. The quantitative estimate of drug-likeness (QED) is 0.159. The molecule has 2 N–H and O–H groups in total. The molecule has 0 bridgehead atoms. The summed E-state index contributed by atoms with van der Waals surface area (Å²) < 4.78 is 11.1. The fraction of sp³-hybridized carbons (Fsp3) is 0.444. The molecule has 0 aliphatic carbocycles. The Bertz CT molecular complexity index is 1390.